The van der Waals surface area contributed by atoms with E-state index in [1.54, 1.807) is 18.3 Å². The number of aromatic nitrogens is 1. The third kappa shape index (κ3) is 3.25. The second-order valence-corrected chi connectivity index (χ2v) is 4.35. The highest BCUT2D eigenvalue weighted by Crippen LogP contribution is 2.10. The average molecular weight is 235 g/mol. The number of carbonyl (C=O) groups is 1. The molecule has 1 aliphatic heterocycles. The van der Waals surface area contributed by atoms with Crippen molar-refractivity contribution in [2.45, 2.75) is 12.5 Å². The van der Waals surface area contributed by atoms with Crippen LogP contribution in [0.5, 0.6) is 0 Å². The van der Waals surface area contributed by atoms with Crippen LogP contribution in [0.1, 0.15) is 5.56 Å². The first-order chi connectivity index (χ1) is 8.15. The Morgan fingerprint density at radius 2 is 2.53 bits per heavy atom. The molecule has 92 valence electrons. The molecule has 0 bridgehead atoms. The van der Waals surface area contributed by atoms with Crippen LogP contribution in [0.2, 0.25) is 0 Å². The Kier molecular flexibility index (Phi) is 3.71. The lowest BCUT2D eigenvalue weighted by Crippen LogP contribution is -2.44. The monoisotopic (exact) mass is 235 g/mol. The van der Waals surface area contributed by atoms with E-state index in [4.69, 9.17) is 10.5 Å². The summed E-state index contributed by atoms with van der Waals surface area (Å²) in [5.41, 5.74) is 6.46. The van der Waals surface area contributed by atoms with Crippen LogP contribution in [-0.4, -0.2) is 48.5 Å². The van der Waals surface area contributed by atoms with Crippen LogP contribution >= 0.6 is 0 Å². The van der Waals surface area contributed by atoms with Crippen LogP contribution in [0.25, 0.3) is 0 Å². The number of ether oxygens (including phenoxy) is 1. The van der Waals surface area contributed by atoms with Crippen LogP contribution < -0.4 is 5.73 Å². The second-order valence-electron chi connectivity index (χ2n) is 4.35. The molecule has 0 radical (unpaired) electrons. The lowest BCUT2D eigenvalue weighted by Gasteiger charge is -2.29. The fourth-order valence-corrected chi connectivity index (χ4v) is 1.89. The van der Waals surface area contributed by atoms with E-state index >= 15 is 0 Å². The van der Waals surface area contributed by atoms with Crippen LogP contribution in [0, 0.1) is 0 Å². The highest BCUT2D eigenvalue weighted by molar-refractivity contribution is 5.85. The number of morpholine rings is 1. The average Bonchev–Trinajstić information content (AvgIpc) is 2.29. The SMILES string of the molecule is CN1CCOC(C(=O)Cc2ccnc(N)c2)C1. The zero-order valence-corrected chi connectivity index (χ0v) is 9.93. The Labute approximate surface area is 101 Å². The van der Waals surface area contributed by atoms with Gasteiger partial charge < -0.3 is 15.4 Å². The highest BCUT2D eigenvalue weighted by atomic mass is 16.5. The Morgan fingerprint density at radius 3 is 3.24 bits per heavy atom. The first-order valence-corrected chi connectivity index (χ1v) is 5.68. The molecule has 1 unspecified atom stereocenters. The minimum Gasteiger partial charge on any atom is -0.384 e. The molecule has 2 heterocycles. The van der Waals surface area contributed by atoms with Gasteiger partial charge in [0.15, 0.2) is 5.78 Å². The van der Waals surface area contributed by atoms with E-state index in [-0.39, 0.29) is 11.9 Å². The van der Waals surface area contributed by atoms with Gasteiger partial charge in [-0.15, -0.1) is 0 Å². The minimum atomic E-state index is -0.317. The van der Waals surface area contributed by atoms with Crippen LogP contribution in [0.4, 0.5) is 5.82 Å². The first kappa shape index (κ1) is 12.0. The molecule has 1 aliphatic rings. The smallest absolute Gasteiger partial charge is 0.167 e. The van der Waals surface area contributed by atoms with Gasteiger partial charge in [0.05, 0.1) is 6.61 Å². The Bertz CT molecular complexity index is 408. The summed E-state index contributed by atoms with van der Waals surface area (Å²) in [5, 5.41) is 0. The Morgan fingerprint density at radius 1 is 1.71 bits per heavy atom. The number of hydrogen-bond acceptors (Lipinski definition) is 5. The molecular weight excluding hydrogens is 218 g/mol. The van der Waals surface area contributed by atoms with Crippen molar-refractivity contribution in [2.75, 3.05) is 32.5 Å². The maximum Gasteiger partial charge on any atom is 0.167 e. The number of Topliss-reactive ketones (excluding diaryl/α,β-unsaturated/α-hetero) is 1. The van der Waals surface area contributed by atoms with Crippen molar-refractivity contribution in [3.05, 3.63) is 23.9 Å². The molecule has 1 aromatic heterocycles. The van der Waals surface area contributed by atoms with E-state index in [0.29, 0.717) is 25.4 Å². The predicted octanol–water partition coefficient (Wildman–Crippen LogP) is 0.106. The molecule has 0 aromatic carbocycles. The molecule has 1 atom stereocenters. The summed E-state index contributed by atoms with van der Waals surface area (Å²) in [7, 11) is 1.99. The summed E-state index contributed by atoms with van der Waals surface area (Å²) < 4.78 is 5.47. The number of ketones is 1. The van der Waals surface area contributed by atoms with Crippen molar-refractivity contribution in [1.29, 1.82) is 0 Å². The normalized spacial score (nSPS) is 21.4. The van der Waals surface area contributed by atoms with Crippen molar-refractivity contribution >= 4 is 11.6 Å². The molecule has 5 nitrogen and oxygen atoms in total. The number of pyridine rings is 1. The van der Waals surface area contributed by atoms with Crippen molar-refractivity contribution < 1.29 is 9.53 Å². The van der Waals surface area contributed by atoms with E-state index < -0.39 is 0 Å². The van der Waals surface area contributed by atoms with E-state index in [1.165, 1.54) is 0 Å². The number of rotatable bonds is 3. The van der Waals surface area contributed by atoms with Gasteiger partial charge in [-0.05, 0) is 24.7 Å². The third-order valence-electron chi connectivity index (χ3n) is 2.85. The second kappa shape index (κ2) is 5.25. The van der Waals surface area contributed by atoms with Gasteiger partial charge in [-0.25, -0.2) is 4.98 Å². The summed E-state index contributed by atoms with van der Waals surface area (Å²) in [6, 6.07) is 3.53. The summed E-state index contributed by atoms with van der Waals surface area (Å²) in [6.07, 6.45) is 1.65. The maximum atomic E-state index is 12.0. The minimum absolute atomic E-state index is 0.0992. The Hall–Kier alpha value is -1.46. The molecule has 17 heavy (non-hydrogen) atoms. The molecule has 1 aromatic rings. The third-order valence-corrected chi connectivity index (χ3v) is 2.85. The molecule has 0 saturated carbocycles. The Balaban J connectivity index is 1.96. The maximum absolute atomic E-state index is 12.0. The highest BCUT2D eigenvalue weighted by Gasteiger charge is 2.24. The number of nitrogens with two attached hydrogens (primary N) is 1. The fraction of sp³-hybridized carbons (Fsp3) is 0.500. The van der Waals surface area contributed by atoms with E-state index in [0.717, 1.165) is 12.1 Å². The molecule has 1 saturated heterocycles. The van der Waals surface area contributed by atoms with Crippen molar-refractivity contribution in [3.63, 3.8) is 0 Å². The van der Waals surface area contributed by atoms with Crippen LogP contribution in [-0.2, 0) is 16.0 Å². The van der Waals surface area contributed by atoms with E-state index in [1.807, 2.05) is 7.05 Å². The van der Waals surface area contributed by atoms with Crippen molar-refractivity contribution in [1.82, 2.24) is 9.88 Å². The van der Waals surface area contributed by atoms with Gasteiger partial charge in [-0.2, -0.15) is 0 Å². The molecule has 2 N–H and O–H groups in total. The predicted molar refractivity (Wildman–Crippen MR) is 64.6 cm³/mol. The van der Waals surface area contributed by atoms with Gasteiger partial charge >= 0.3 is 0 Å². The number of nitrogen functional groups attached to an aromatic ring is 1. The van der Waals surface area contributed by atoms with Gasteiger partial charge in [0.1, 0.15) is 11.9 Å². The van der Waals surface area contributed by atoms with Gasteiger partial charge in [0.25, 0.3) is 0 Å². The largest absolute Gasteiger partial charge is 0.384 e. The lowest BCUT2D eigenvalue weighted by atomic mass is 10.1. The number of hydrogen-bond donors (Lipinski definition) is 1. The quantitative estimate of drug-likeness (QED) is 0.805. The van der Waals surface area contributed by atoms with Crippen molar-refractivity contribution in [2.24, 2.45) is 0 Å². The molecule has 1 fully saturated rings. The zero-order chi connectivity index (χ0) is 12.3. The number of likely N-dealkylation sites (N-methyl/N-ethyl adjacent to an activating group) is 1. The number of carbonyl (C=O) groups excluding carboxylic acids is 1. The lowest BCUT2D eigenvalue weighted by molar-refractivity contribution is -0.134. The fourth-order valence-electron chi connectivity index (χ4n) is 1.89. The standard InChI is InChI=1S/C12H17N3O2/c1-15-4-5-17-11(8-15)10(16)6-9-2-3-14-12(13)7-9/h2-3,7,11H,4-6,8H2,1H3,(H2,13,14). The number of nitrogens with zero attached hydrogens (tertiary/aromatic N) is 2. The van der Waals surface area contributed by atoms with Gasteiger partial charge in [-0.1, -0.05) is 0 Å². The molecule has 0 aliphatic carbocycles. The molecular formula is C12H17N3O2. The summed E-state index contributed by atoms with van der Waals surface area (Å²) in [4.78, 5) is 18.0. The van der Waals surface area contributed by atoms with E-state index in [9.17, 15) is 4.79 Å². The van der Waals surface area contributed by atoms with Crippen LogP contribution in [0.3, 0.4) is 0 Å². The summed E-state index contributed by atoms with van der Waals surface area (Å²) in [6.45, 7) is 2.16. The van der Waals surface area contributed by atoms with E-state index in [2.05, 4.69) is 9.88 Å². The molecule has 2 rings (SSSR count). The molecule has 5 heteroatoms. The molecule has 0 spiro atoms. The first-order valence-electron chi connectivity index (χ1n) is 5.68. The van der Waals surface area contributed by atoms with Crippen molar-refractivity contribution in [3.8, 4) is 0 Å². The van der Waals surface area contributed by atoms with Gasteiger partial charge in [0, 0.05) is 25.7 Å². The van der Waals surface area contributed by atoms with Gasteiger partial charge in [-0.3, -0.25) is 4.79 Å². The molecule has 0 amide bonds. The zero-order valence-electron chi connectivity index (χ0n) is 9.93. The van der Waals surface area contributed by atoms with Crippen LogP contribution in [0.15, 0.2) is 18.3 Å². The van der Waals surface area contributed by atoms with Gasteiger partial charge in [0.2, 0.25) is 0 Å². The summed E-state index contributed by atoms with van der Waals surface area (Å²) >= 11 is 0. The summed E-state index contributed by atoms with van der Waals surface area (Å²) in [5.74, 6) is 0.541. The topological polar surface area (TPSA) is 68.5 Å². The number of anilines is 1.